The third-order valence-corrected chi connectivity index (χ3v) is 6.73. The van der Waals surface area contributed by atoms with Gasteiger partial charge in [-0.2, -0.15) is 0 Å². The molecule has 2 aromatic heterocycles. The smallest absolute Gasteiger partial charge is 0.253 e. The molecule has 1 aliphatic carbocycles. The van der Waals surface area contributed by atoms with Crippen LogP contribution in [-0.4, -0.2) is 53.6 Å². The number of hydrogen-bond donors (Lipinski definition) is 2. The molecule has 0 bridgehead atoms. The number of aryl methyl sites for hydroxylation is 1. The van der Waals surface area contributed by atoms with Crippen molar-refractivity contribution < 1.29 is 9.53 Å². The van der Waals surface area contributed by atoms with Crippen molar-refractivity contribution in [2.45, 2.75) is 38.6 Å². The van der Waals surface area contributed by atoms with Gasteiger partial charge in [0.2, 0.25) is 0 Å². The molecule has 0 unspecified atom stereocenters. The highest BCUT2D eigenvalue weighted by atomic mass is 16.5. The van der Waals surface area contributed by atoms with Gasteiger partial charge in [-0.1, -0.05) is 13.8 Å². The van der Waals surface area contributed by atoms with Crippen LogP contribution in [0.3, 0.4) is 0 Å². The summed E-state index contributed by atoms with van der Waals surface area (Å²) in [6.45, 7) is 5.81. The zero-order valence-corrected chi connectivity index (χ0v) is 19.2. The predicted octanol–water partition coefficient (Wildman–Crippen LogP) is 3.85. The van der Waals surface area contributed by atoms with E-state index in [4.69, 9.17) is 9.72 Å². The van der Waals surface area contributed by atoms with Crippen LogP contribution in [-0.2, 0) is 19.3 Å². The first-order chi connectivity index (χ1) is 15.5. The molecule has 0 saturated carbocycles. The molecule has 6 rings (SSSR count). The average Bonchev–Trinajstić information content (AvgIpc) is 3.18. The molecule has 1 amide bonds. The molecule has 32 heavy (non-hydrogen) atoms. The van der Waals surface area contributed by atoms with Crippen LogP contribution in [0.15, 0.2) is 36.5 Å². The van der Waals surface area contributed by atoms with Gasteiger partial charge in [-0.3, -0.25) is 9.78 Å². The van der Waals surface area contributed by atoms with Crippen LogP contribution in [0.4, 0.5) is 0 Å². The number of rotatable bonds is 2. The summed E-state index contributed by atoms with van der Waals surface area (Å²) in [6.07, 6.45) is 4.64. The van der Waals surface area contributed by atoms with Crippen LogP contribution in [0.2, 0.25) is 0 Å². The van der Waals surface area contributed by atoms with Gasteiger partial charge < -0.3 is 19.9 Å². The number of carbonyl (C=O) groups is 1. The number of H-pyrrole nitrogens is 1. The molecule has 1 spiro atoms. The molecular formula is C26H30N4O2. The summed E-state index contributed by atoms with van der Waals surface area (Å²) in [6, 6.07) is 10.1. The second kappa shape index (κ2) is 7.78. The number of nitrogens with one attached hydrogen (secondary N) is 2. The minimum Gasteiger partial charge on any atom is -0.497 e. The van der Waals surface area contributed by atoms with E-state index in [0.717, 1.165) is 71.9 Å². The highest BCUT2D eigenvalue weighted by Crippen LogP contribution is 2.41. The largest absolute Gasteiger partial charge is 0.497 e. The van der Waals surface area contributed by atoms with E-state index in [0.29, 0.717) is 0 Å². The number of hydrogen-bond acceptors (Lipinski definition) is 4. The molecule has 6 nitrogen and oxygen atoms in total. The number of aromatic amines is 1. The zero-order chi connectivity index (χ0) is 22.5. The standard InChI is InChI=1S/C24H24N4O2.C2H6/c1-28-12-24(13-28)10-20-21(23(29)27-24)17-8-5-15-11-25-19(9-18(15)22(17)26-20)14-3-6-16(30-2)7-4-14;1-2/h3-4,6-7,9,11,26H,5,8,10,12-13H2,1-2H3,(H,27,29);1-2H3. The van der Waals surface area contributed by atoms with E-state index in [1.807, 2.05) is 44.3 Å². The fraction of sp³-hybridized carbons (Fsp3) is 0.385. The highest BCUT2D eigenvalue weighted by Gasteiger charge is 2.47. The number of amides is 1. The lowest BCUT2D eigenvalue weighted by Crippen LogP contribution is -2.71. The number of benzene rings is 1. The van der Waals surface area contributed by atoms with Crippen LogP contribution < -0.4 is 10.1 Å². The minimum absolute atomic E-state index is 0.0785. The van der Waals surface area contributed by atoms with Gasteiger partial charge in [-0.15, -0.1) is 0 Å². The lowest BCUT2D eigenvalue weighted by Gasteiger charge is -2.50. The van der Waals surface area contributed by atoms with Crippen LogP contribution >= 0.6 is 0 Å². The minimum atomic E-state index is -0.110. The third-order valence-electron chi connectivity index (χ3n) is 6.73. The van der Waals surface area contributed by atoms with Crippen molar-refractivity contribution in [3.05, 3.63) is 58.9 Å². The van der Waals surface area contributed by atoms with E-state index in [1.54, 1.807) is 7.11 Å². The lowest BCUT2D eigenvalue weighted by atomic mass is 9.80. The summed E-state index contributed by atoms with van der Waals surface area (Å²) in [5, 5.41) is 3.30. The Morgan fingerprint density at radius 3 is 2.56 bits per heavy atom. The summed E-state index contributed by atoms with van der Waals surface area (Å²) >= 11 is 0. The van der Waals surface area contributed by atoms with E-state index >= 15 is 0 Å². The van der Waals surface area contributed by atoms with Gasteiger partial charge in [0, 0.05) is 42.5 Å². The van der Waals surface area contributed by atoms with Crippen LogP contribution in [0.1, 0.15) is 41.0 Å². The highest BCUT2D eigenvalue weighted by molar-refractivity contribution is 6.01. The predicted molar refractivity (Wildman–Crippen MR) is 126 cm³/mol. The van der Waals surface area contributed by atoms with Gasteiger partial charge in [0.25, 0.3) is 5.91 Å². The topological polar surface area (TPSA) is 70.2 Å². The Balaban J connectivity index is 0.00000105. The first-order valence-electron chi connectivity index (χ1n) is 11.4. The second-order valence-corrected chi connectivity index (χ2v) is 8.87. The lowest BCUT2D eigenvalue weighted by molar-refractivity contribution is 0.0479. The molecule has 3 aromatic rings. The number of likely N-dealkylation sites (tertiary alicyclic amines) is 1. The van der Waals surface area contributed by atoms with E-state index in [2.05, 4.69) is 28.3 Å². The first kappa shape index (κ1) is 20.8. The van der Waals surface area contributed by atoms with Gasteiger partial charge in [0.15, 0.2) is 0 Å². The molecule has 4 heterocycles. The van der Waals surface area contributed by atoms with Crippen molar-refractivity contribution in [3.63, 3.8) is 0 Å². The fourth-order valence-corrected chi connectivity index (χ4v) is 5.44. The SMILES string of the molecule is CC.COc1ccc(-c2cc3c(cn2)CCc2c-3[nH]c3c2C(=O)NC2(C3)CN(C)C2)cc1. The van der Waals surface area contributed by atoms with Crippen molar-refractivity contribution in [2.24, 2.45) is 0 Å². The van der Waals surface area contributed by atoms with Crippen LogP contribution in [0, 0.1) is 0 Å². The first-order valence-corrected chi connectivity index (χ1v) is 11.4. The van der Waals surface area contributed by atoms with Gasteiger partial charge >= 0.3 is 0 Å². The number of pyridine rings is 1. The van der Waals surface area contributed by atoms with Gasteiger partial charge in [0.1, 0.15) is 5.75 Å². The molecule has 166 valence electrons. The summed E-state index contributed by atoms with van der Waals surface area (Å²) in [7, 11) is 3.76. The number of aromatic nitrogens is 2. The molecule has 2 N–H and O–H groups in total. The van der Waals surface area contributed by atoms with E-state index in [9.17, 15) is 4.79 Å². The summed E-state index contributed by atoms with van der Waals surface area (Å²) in [5.74, 6) is 0.910. The van der Waals surface area contributed by atoms with Crippen LogP contribution in [0.5, 0.6) is 5.75 Å². The zero-order valence-electron chi connectivity index (χ0n) is 19.2. The van der Waals surface area contributed by atoms with Gasteiger partial charge in [-0.25, -0.2) is 0 Å². The van der Waals surface area contributed by atoms with Crippen LogP contribution in [0.25, 0.3) is 22.5 Å². The van der Waals surface area contributed by atoms with E-state index < -0.39 is 0 Å². The Hall–Kier alpha value is -3.12. The Morgan fingerprint density at radius 1 is 1.12 bits per heavy atom. The Labute approximate surface area is 189 Å². The second-order valence-electron chi connectivity index (χ2n) is 8.87. The number of nitrogens with zero attached hydrogens (tertiary/aromatic N) is 2. The molecule has 0 atom stereocenters. The molecule has 1 saturated heterocycles. The Kier molecular flexibility index (Phi) is 5.05. The molecule has 1 aromatic carbocycles. The monoisotopic (exact) mass is 430 g/mol. The van der Waals surface area contributed by atoms with Gasteiger partial charge in [-0.05, 0) is 61.3 Å². The maximum atomic E-state index is 13.0. The Morgan fingerprint density at radius 2 is 1.88 bits per heavy atom. The van der Waals surface area contributed by atoms with Crippen molar-refractivity contribution in [2.75, 3.05) is 27.2 Å². The molecule has 0 radical (unpaired) electrons. The maximum absolute atomic E-state index is 13.0. The normalized spacial score (nSPS) is 17.8. The van der Waals surface area contributed by atoms with E-state index in [1.165, 1.54) is 11.1 Å². The number of methoxy groups -OCH3 is 1. The molecule has 2 aliphatic heterocycles. The van der Waals surface area contributed by atoms with E-state index in [-0.39, 0.29) is 11.4 Å². The number of fused-ring (bicyclic) bond motifs is 5. The number of carbonyl (C=O) groups excluding carboxylic acids is 1. The summed E-state index contributed by atoms with van der Waals surface area (Å²) in [5.41, 5.74) is 8.49. The van der Waals surface area contributed by atoms with Crippen molar-refractivity contribution in [3.8, 4) is 28.3 Å². The quantitative estimate of drug-likeness (QED) is 0.648. The average molecular weight is 431 g/mol. The molecule has 1 fully saturated rings. The number of ether oxygens (including phenoxy) is 1. The van der Waals surface area contributed by atoms with Gasteiger partial charge in [0.05, 0.1) is 29.6 Å². The summed E-state index contributed by atoms with van der Waals surface area (Å²) < 4.78 is 5.27. The molecular weight excluding hydrogens is 400 g/mol. The molecule has 6 heteroatoms. The van der Waals surface area contributed by atoms with Crippen molar-refractivity contribution in [1.82, 2.24) is 20.2 Å². The number of likely N-dealkylation sites (N-methyl/N-ethyl adjacent to an activating group) is 1. The maximum Gasteiger partial charge on any atom is 0.253 e. The Bertz CT molecular complexity index is 1170. The molecule has 3 aliphatic rings. The summed E-state index contributed by atoms with van der Waals surface area (Å²) in [4.78, 5) is 23.6. The van der Waals surface area contributed by atoms with Crippen molar-refractivity contribution >= 4 is 5.91 Å². The third kappa shape index (κ3) is 3.21. The van der Waals surface area contributed by atoms with Crippen molar-refractivity contribution in [1.29, 1.82) is 0 Å². The fourth-order valence-electron chi connectivity index (χ4n) is 5.44.